The first-order valence-corrected chi connectivity index (χ1v) is 14.2. The lowest BCUT2D eigenvalue weighted by molar-refractivity contribution is 0.534. The van der Waals surface area contributed by atoms with Gasteiger partial charge in [-0.25, -0.2) is 0 Å². The minimum atomic E-state index is 1.29. The second-order valence-corrected chi connectivity index (χ2v) is 9.46. The Morgan fingerprint density at radius 1 is 0.267 bits per heavy atom. The number of unbranched alkanes of at least 4 members (excludes halogenated alkanes) is 21. The number of allylic oxidation sites excluding steroid dienone is 4. The summed E-state index contributed by atoms with van der Waals surface area (Å²) in [6, 6.07) is 0. The summed E-state index contributed by atoms with van der Waals surface area (Å²) in [4.78, 5) is 0. The van der Waals surface area contributed by atoms with Gasteiger partial charge in [-0.3, -0.25) is 0 Å². The van der Waals surface area contributed by atoms with Crippen LogP contribution in [0.1, 0.15) is 168 Å². The van der Waals surface area contributed by atoms with Gasteiger partial charge in [0, 0.05) is 0 Å². The quantitative estimate of drug-likeness (QED) is 0.102. The molecule has 0 saturated carbocycles. The third-order valence-electron chi connectivity index (χ3n) is 6.27. The lowest BCUT2D eigenvalue weighted by Crippen LogP contribution is -1.83. The van der Waals surface area contributed by atoms with Crippen LogP contribution in [0.2, 0.25) is 0 Å². The van der Waals surface area contributed by atoms with E-state index in [1.165, 1.54) is 154 Å². The van der Waals surface area contributed by atoms with E-state index in [0.717, 1.165) is 0 Å². The van der Waals surface area contributed by atoms with Crippen LogP contribution in [0, 0.1) is 0 Å². The zero-order valence-corrected chi connectivity index (χ0v) is 21.3. The van der Waals surface area contributed by atoms with E-state index < -0.39 is 0 Å². The molecule has 0 rings (SSSR count). The smallest absolute Gasteiger partial charge is 0.0351 e. The second-order valence-electron chi connectivity index (χ2n) is 9.46. The lowest BCUT2D eigenvalue weighted by Gasteiger charge is -2.03. The van der Waals surface area contributed by atoms with Crippen LogP contribution in [0.15, 0.2) is 24.3 Å². The molecule has 0 aromatic carbocycles. The fraction of sp³-hybridized carbons (Fsp3) is 0.867. The molecule has 0 aliphatic carbocycles. The van der Waals surface area contributed by atoms with Crippen LogP contribution in [-0.2, 0) is 0 Å². The maximum Gasteiger partial charge on any atom is -0.0351 e. The molecule has 0 bridgehead atoms. The highest BCUT2D eigenvalue weighted by Gasteiger charge is 1.94. The van der Waals surface area contributed by atoms with E-state index in [9.17, 15) is 0 Å². The summed E-state index contributed by atoms with van der Waals surface area (Å²) in [6.45, 7) is 4.56. The van der Waals surface area contributed by atoms with E-state index in [4.69, 9.17) is 0 Å². The molecule has 0 aromatic rings. The van der Waals surface area contributed by atoms with Crippen molar-refractivity contribution in [2.75, 3.05) is 0 Å². The molecule has 0 spiro atoms. The molecule has 0 heteroatoms. The first-order chi connectivity index (χ1) is 14.9. The zero-order valence-electron chi connectivity index (χ0n) is 21.3. The van der Waals surface area contributed by atoms with Gasteiger partial charge in [-0.15, -0.1) is 0 Å². The highest BCUT2D eigenvalue weighted by atomic mass is 14.0. The summed E-state index contributed by atoms with van der Waals surface area (Å²) >= 11 is 0. The van der Waals surface area contributed by atoms with E-state index in [1.54, 1.807) is 0 Å². The Kier molecular flexibility index (Phi) is 28.0. The average molecular weight is 419 g/mol. The number of hydrogen-bond acceptors (Lipinski definition) is 0. The molecule has 0 unspecified atom stereocenters. The maximum atomic E-state index is 2.43. The van der Waals surface area contributed by atoms with Gasteiger partial charge in [0.25, 0.3) is 0 Å². The van der Waals surface area contributed by atoms with Gasteiger partial charge in [0.15, 0.2) is 0 Å². The Hall–Kier alpha value is -0.520. The van der Waals surface area contributed by atoms with Crippen LogP contribution < -0.4 is 0 Å². The molecule has 0 saturated heterocycles. The zero-order chi connectivity index (χ0) is 21.8. The number of rotatable bonds is 25. The van der Waals surface area contributed by atoms with E-state index in [2.05, 4.69) is 38.2 Å². The Morgan fingerprint density at radius 3 is 0.800 bits per heavy atom. The van der Waals surface area contributed by atoms with E-state index in [1.807, 2.05) is 0 Å². The highest BCUT2D eigenvalue weighted by Crippen LogP contribution is 2.14. The van der Waals surface area contributed by atoms with Crippen molar-refractivity contribution in [3.05, 3.63) is 24.3 Å². The molecule has 0 N–H and O–H groups in total. The van der Waals surface area contributed by atoms with Crippen molar-refractivity contribution >= 4 is 0 Å². The van der Waals surface area contributed by atoms with Crippen molar-refractivity contribution in [3.63, 3.8) is 0 Å². The fourth-order valence-electron chi connectivity index (χ4n) is 4.13. The summed E-state index contributed by atoms with van der Waals surface area (Å²) in [5.74, 6) is 0. The first-order valence-electron chi connectivity index (χ1n) is 14.2. The third-order valence-corrected chi connectivity index (χ3v) is 6.27. The molecular weight excluding hydrogens is 360 g/mol. The maximum absolute atomic E-state index is 2.43. The summed E-state index contributed by atoms with van der Waals surface area (Å²) < 4.78 is 0. The van der Waals surface area contributed by atoms with Crippen LogP contribution in [0.4, 0.5) is 0 Å². The Labute approximate surface area is 192 Å². The van der Waals surface area contributed by atoms with Gasteiger partial charge < -0.3 is 0 Å². The first kappa shape index (κ1) is 29.5. The molecule has 30 heavy (non-hydrogen) atoms. The Bertz CT molecular complexity index is 338. The van der Waals surface area contributed by atoms with Crippen molar-refractivity contribution in [1.29, 1.82) is 0 Å². The van der Waals surface area contributed by atoms with Crippen molar-refractivity contribution in [1.82, 2.24) is 0 Å². The van der Waals surface area contributed by atoms with Gasteiger partial charge in [-0.1, -0.05) is 147 Å². The van der Waals surface area contributed by atoms with Crippen molar-refractivity contribution in [2.24, 2.45) is 0 Å². The fourth-order valence-corrected chi connectivity index (χ4v) is 4.13. The van der Waals surface area contributed by atoms with Gasteiger partial charge in [0.2, 0.25) is 0 Å². The average Bonchev–Trinajstić information content (AvgIpc) is 2.76. The molecule has 0 heterocycles. The minimum absolute atomic E-state index is 1.29. The van der Waals surface area contributed by atoms with Gasteiger partial charge >= 0.3 is 0 Å². The van der Waals surface area contributed by atoms with Crippen LogP contribution in [0.5, 0.6) is 0 Å². The molecule has 0 atom stereocenters. The van der Waals surface area contributed by atoms with Crippen LogP contribution in [0.25, 0.3) is 0 Å². The van der Waals surface area contributed by atoms with Gasteiger partial charge in [-0.2, -0.15) is 0 Å². The van der Waals surface area contributed by atoms with Crippen molar-refractivity contribution < 1.29 is 0 Å². The summed E-state index contributed by atoms with van der Waals surface area (Å²) in [7, 11) is 0. The Morgan fingerprint density at radius 2 is 0.500 bits per heavy atom. The third kappa shape index (κ3) is 27.5. The Balaban J connectivity index is 3.06. The van der Waals surface area contributed by atoms with Crippen LogP contribution in [0.3, 0.4) is 0 Å². The van der Waals surface area contributed by atoms with Gasteiger partial charge in [0.1, 0.15) is 0 Å². The highest BCUT2D eigenvalue weighted by molar-refractivity contribution is 4.81. The topological polar surface area (TPSA) is 0 Å². The molecule has 0 nitrogen and oxygen atoms in total. The largest absolute Gasteiger partial charge is 0.0885 e. The van der Waals surface area contributed by atoms with Gasteiger partial charge in [-0.05, 0) is 44.9 Å². The monoisotopic (exact) mass is 418 g/mol. The van der Waals surface area contributed by atoms with E-state index in [0.29, 0.717) is 0 Å². The molecule has 0 aromatic heterocycles. The molecule has 0 aliphatic rings. The predicted octanol–water partition coefficient (Wildman–Crippen LogP) is 11.5. The minimum Gasteiger partial charge on any atom is -0.0885 e. The van der Waals surface area contributed by atoms with Gasteiger partial charge in [0.05, 0.1) is 0 Å². The van der Waals surface area contributed by atoms with Crippen molar-refractivity contribution in [2.45, 2.75) is 168 Å². The molecule has 0 fully saturated rings. The molecule has 0 aliphatic heterocycles. The normalized spacial score (nSPS) is 11.9. The number of hydrogen-bond donors (Lipinski definition) is 0. The summed E-state index contributed by atoms with van der Waals surface area (Å²) in [6.07, 6.45) is 43.4. The molecule has 0 amide bonds. The summed E-state index contributed by atoms with van der Waals surface area (Å²) in [5, 5.41) is 0. The second kappa shape index (κ2) is 28.5. The standard InChI is InChI=1S/C30H58/c1-3-5-7-9-11-13-15-17-19-21-23-25-27-29-30-28-26-24-22-20-18-16-14-12-10-8-6-4-2/h9,11,14,16H,3-8,10,12-13,15,17-30H2,1-2H3/b11-9-,16-14-. The van der Waals surface area contributed by atoms with Crippen LogP contribution >= 0.6 is 0 Å². The van der Waals surface area contributed by atoms with Crippen LogP contribution in [-0.4, -0.2) is 0 Å². The van der Waals surface area contributed by atoms with Crippen molar-refractivity contribution in [3.8, 4) is 0 Å². The molecular formula is C30H58. The van der Waals surface area contributed by atoms with E-state index >= 15 is 0 Å². The predicted molar refractivity (Wildman–Crippen MR) is 140 cm³/mol. The lowest BCUT2D eigenvalue weighted by atomic mass is 10.0. The SMILES string of the molecule is CCCC/C=C\CCCCCCCCCCCCCCCC/C=C\CCCCCC. The molecule has 178 valence electrons. The van der Waals surface area contributed by atoms with E-state index in [-0.39, 0.29) is 0 Å². The summed E-state index contributed by atoms with van der Waals surface area (Å²) in [5.41, 5.74) is 0. The molecule has 0 radical (unpaired) electrons.